The van der Waals surface area contributed by atoms with Gasteiger partial charge in [-0.25, -0.2) is 4.79 Å². The second-order valence-electron chi connectivity index (χ2n) is 6.91. The fourth-order valence-corrected chi connectivity index (χ4v) is 3.41. The first-order valence-corrected chi connectivity index (χ1v) is 9.56. The largest absolute Gasteiger partial charge is 0.497 e. The lowest BCUT2D eigenvalue weighted by molar-refractivity contribution is 0.306. The third kappa shape index (κ3) is 3.87. The number of hydrogen-bond acceptors (Lipinski definition) is 5. The number of methoxy groups -OCH3 is 2. The van der Waals surface area contributed by atoms with Gasteiger partial charge in [-0.05, 0) is 60.0 Å². The van der Waals surface area contributed by atoms with Gasteiger partial charge < -0.3 is 18.6 Å². The molecule has 4 aromatic rings. The van der Waals surface area contributed by atoms with Crippen LogP contribution in [0.4, 0.5) is 0 Å². The molecular weight excluding hydrogens is 380 g/mol. The average Bonchev–Trinajstić information content (AvgIpc) is 2.78. The summed E-state index contributed by atoms with van der Waals surface area (Å²) in [6, 6.07) is 20.6. The molecule has 0 saturated heterocycles. The number of rotatable bonds is 6. The zero-order valence-electron chi connectivity index (χ0n) is 17.1. The zero-order valence-corrected chi connectivity index (χ0v) is 17.1. The Morgan fingerprint density at radius 1 is 0.800 bits per heavy atom. The van der Waals surface area contributed by atoms with Crippen molar-refractivity contribution >= 4 is 11.0 Å². The summed E-state index contributed by atoms with van der Waals surface area (Å²) in [6.45, 7) is 2.33. The summed E-state index contributed by atoms with van der Waals surface area (Å²) in [6.07, 6.45) is 0. The Hall–Kier alpha value is -3.73. The Morgan fingerprint density at radius 3 is 2.03 bits per heavy atom. The maximum absolute atomic E-state index is 12.7. The van der Waals surface area contributed by atoms with Crippen LogP contribution in [0.1, 0.15) is 11.1 Å². The van der Waals surface area contributed by atoms with Crippen molar-refractivity contribution in [2.24, 2.45) is 0 Å². The van der Waals surface area contributed by atoms with Crippen molar-refractivity contribution in [3.63, 3.8) is 0 Å². The van der Waals surface area contributed by atoms with E-state index in [9.17, 15) is 4.79 Å². The molecule has 1 aromatic heterocycles. The van der Waals surface area contributed by atoms with Crippen LogP contribution >= 0.6 is 0 Å². The standard InChI is InChI=1S/C25H22O5/c1-16-22-13-12-21(29-15-17-4-8-19(27-2)9-5-17)14-23(22)30-25(26)24(16)18-6-10-20(28-3)11-7-18/h4-14H,15H2,1-3H3. The van der Waals surface area contributed by atoms with Gasteiger partial charge in [0.15, 0.2) is 0 Å². The topological polar surface area (TPSA) is 57.9 Å². The van der Waals surface area contributed by atoms with Crippen LogP contribution in [0.3, 0.4) is 0 Å². The van der Waals surface area contributed by atoms with E-state index in [4.69, 9.17) is 18.6 Å². The van der Waals surface area contributed by atoms with E-state index in [1.54, 1.807) is 20.3 Å². The van der Waals surface area contributed by atoms with Crippen LogP contribution in [0.2, 0.25) is 0 Å². The van der Waals surface area contributed by atoms with Gasteiger partial charge in [0.1, 0.15) is 29.4 Å². The van der Waals surface area contributed by atoms with Gasteiger partial charge >= 0.3 is 5.63 Å². The molecule has 5 nitrogen and oxygen atoms in total. The van der Waals surface area contributed by atoms with Crippen LogP contribution in [-0.2, 0) is 6.61 Å². The van der Waals surface area contributed by atoms with Crippen LogP contribution in [0.15, 0.2) is 75.9 Å². The molecule has 0 amide bonds. The number of fused-ring (bicyclic) bond motifs is 1. The van der Waals surface area contributed by atoms with Crippen LogP contribution in [0.25, 0.3) is 22.1 Å². The molecule has 0 atom stereocenters. The molecule has 0 N–H and O–H groups in total. The quantitative estimate of drug-likeness (QED) is 0.406. The van der Waals surface area contributed by atoms with Crippen LogP contribution in [0.5, 0.6) is 17.2 Å². The normalized spacial score (nSPS) is 10.8. The predicted octanol–water partition coefficient (Wildman–Crippen LogP) is 5.36. The highest BCUT2D eigenvalue weighted by atomic mass is 16.5. The smallest absolute Gasteiger partial charge is 0.344 e. The third-order valence-corrected chi connectivity index (χ3v) is 5.08. The first-order chi connectivity index (χ1) is 14.6. The summed E-state index contributed by atoms with van der Waals surface area (Å²) in [5.74, 6) is 2.17. The van der Waals surface area contributed by atoms with Gasteiger partial charge in [-0.3, -0.25) is 0 Å². The lowest BCUT2D eigenvalue weighted by Gasteiger charge is -2.11. The third-order valence-electron chi connectivity index (χ3n) is 5.08. The SMILES string of the molecule is COc1ccc(COc2ccc3c(C)c(-c4ccc(OC)cc4)c(=O)oc3c2)cc1. The molecule has 4 rings (SSSR count). The fourth-order valence-electron chi connectivity index (χ4n) is 3.41. The molecule has 0 fully saturated rings. The molecule has 0 aliphatic heterocycles. The molecule has 0 aliphatic rings. The van der Waals surface area contributed by atoms with Gasteiger partial charge in [0.2, 0.25) is 0 Å². The van der Waals surface area contributed by atoms with Crippen molar-refractivity contribution in [1.82, 2.24) is 0 Å². The molecule has 30 heavy (non-hydrogen) atoms. The Labute approximate surface area is 174 Å². The minimum absolute atomic E-state index is 0.377. The molecule has 0 bridgehead atoms. The van der Waals surface area contributed by atoms with E-state index in [0.717, 1.165) is 33.6 Å². The molecule has 0 unspecified atom stereocenters. The molecule has 152 valence electrons. The summed E-state index contributed by atoms with van der Waals surface area (Å²) >= 11 is 0. The molecule has 0 saturated carbocycles. The minimum Gasteiger partial charge on any atom is -0.497 e. The van der Waals surface area contributed by atoms with Crippen molar-refractivity contribution in [3.8, 4) is 28.4 Å². The Kier molecular flexibility index (Phi) is 5.44. The molecule has 5 heteroatoms. The summed E-state index contributed by atoms with van der Waals surface area (Å²) in [5.41, 5.74) is 3.36. The maximum atomic E-state index is 12.7. The van der Waals surface area contributed by atoms with Crippen molar-refractivity contribution in [2.75, 3.05) is 14.2 Å². The highest BCUT2D eigenvalue weighted by Crippen LogP contribution is 2.30. The Balaban J connectivity index is 1.62. The highest BCUT2D eigenvalue weighted by Gasteiger charge is 2.14. The van der Waals surface area contributed by atoms with Crippen molar-refractivity contribution in [2.45, 2.75) is 13.5 Å². The van der Waals surface area contributed by atoms with E-state index in [0.29, 0.717) is 23.5 Å². The number of aryl methyl sites for hydroxylation is 1. The lowest BCUT2D eigenvalue weighted by atomic mass is 9.99. The van der Waals surface area contributed by atoms with Gasteiger partial charge in [0, 0.05) is 11.5 Å². The summed E-state index contributed by atoms with van der Waals surface area (Å²) in [5, 5.41) is 0.872. The van der Waals surface area contributed by atoms with Gasteiger partial charge in [-0.2, -0.15) is 0 Å². The summed E-state index contributed by atoms with van der Waals surface area (Å²) in [4.78, 5) is 12.7. The van der Waals surface area contributed by atoms with E-state index in [-0.39, 0.29) is 5.63 Å². The fraction of sp³-hybridized carbons (Fsp3) is 0.160. The Bertz CT molecular complexity index is 1220. The first-order valence-electron chi connectivity index (χ1n) is 9.56. The number of benzene rings is 3. The van der Waals surface area contributed by atoms with Gasteiger partial charge in [0.25, 0.3) is 0 Å². The lowest BCUT2D eigenvalue weighted by Crippen LogP contribution is -2.06. The Morgan fingerprint density at radius 2 is 1.40 bits per heavy atom. The van der Waals surface area contributed by atoms with Crippen LogP contribution in [0, 0.1) is 6.92 Å². The zero-order chi connectivity index (χ0) is 21.1. The second kappa shape index (κ2) is 8.33. The van der Waals surface area contributed by atoms with Crippen LogP contribution in [-0.4, -0.2) is 14.2 Å². The molecule has 1 heterocycles. The number of hydrogen-bond donors (Lipinski definition) is 0. The van der Waals surface area contributed by atoms with Gasteiger partial charge in [-0.1, -0.05) is 24.3 Å². The van der Waals surface area contributed by atoms with E-state index in [1.807, 2.05) is 67.6 Å². The van der Waals surface area contributed by atoms with Gasteiger partial charge in [-0.15, -0.1) is 0 Å². The summed E-state index contributed by atoms with van der Waals surface area (Å²) in [7, 11) is 3.25. The van der Waals surface area contributed by atoms with E-state index in [1.165, 1.54) is 0 Å². The highest BCUT2D eigenvalue weighted by molar-refractivity contribution is 5.87. The number of ether oxygens (including phenoxy) is 3. The van der Waals surface area contributed by atoms with Crippen LogP contribution < -0.4 is 19.8 Å². The van der Waals surface area contributed by atoms with Crippen molar-refractivity contribution in [1.29, 1.82) is 0 Å². The first kappa shape index (κ1) is 19.6. The molecule has 0 radical (unpaired) electrons. The molecular formula is C25H22O5. The second-order valence-corrected chi connectivity index (χ2v) is 6.91. The van der Waals surface area contributed by atoms with Crippen molar-refractivity contribution < 1.29 is 18.6 Å². The molecule has 0 aliphatic carbocycles. The van der Waals surface area contributed by atoms with Gasteiger partial charge in [0.05, 0.1) is 19.8 Å². The predicted molar refractivity (Wildman–Crippen MR) is 117 cm³/mol. The minimum atomic E-state index is -0.377. The summed E-state index contributed by atoms with van der Waals surface area (Å²) < 4.78 is 21.9. The van der Waals surface area contributed by atoms with E-state index < -0.39 is 0 Å². The monoisotopic (exact) mass is 402 g/mol. The molecule has 0 spiro atoms. The van der Waals surface area contributed by atoms with E-state index >= 15 is 0 Å². The van der Waals surface area contributed by atoms with E-state index in [2.05, 4.69) is 0 Å². The maximum Gasteiger partial charge on any atom is 0.344 e. The molecule has 3 aromatic carbocycles. The average molecular weight is 402 g/mol. The van der Waals surface area contributed by atoms with Crippen molar-refractivity contribution in [3.05, 3.63) is 88.3 Å².